The van der Waals surface area contributed by atoms with Crippen LogP contribution in [0.1, 0.15) is 31.7 Å². The molecule has 0 bridgehead atoms. The summed E-state index contributed by atoms with van der Waals surface area (Å²) >= 11 is 4.43. The number of thiol groups is 1. The maximum absolute atomic E-state index is 12.1. The third kappa shape index (κ3) is 5.13. The zero-order valence-corrected chi connectivity index (χ0v) is 12.2. The molecule has 0 aliphatic rings. The highest BCUT2D eigenvalue weighted by Gasteiger charge is 2.18. The topological polar surface area (TPSA) is 20.3 Å². The molecule has 0 radical (unpaired) electrons. The van der Waals surface area contributed by atoms with E-state index in [1.807, 2.05) is 37.4 Å². The third-order valence-corrected chi connectivity index (χ3v) is 3.43. The van der Waals surface area contributed by atoms with E-state index in [1.54, 1.807) is 4.90 Å². The second-order valence-electron chi connectivity index (χ2n) is 4.67. The number of nitrogens with zero attached hydrogens (tertiary/aromatic N) is 1. The maximum atomic E-state index is 12.1. The van der Waals surface area contributed by atoms with Crippen LogP contribution >= 0.6 is 12.6 Å². The largest absolute Gasteiger partial charge is 0.345 e. The number of carbonyl (C=O) groups is 1. The zero-order chi connectivity index (χ0) is 13.4. The van der Waals surface area contributed by atoms with Crippen LogP contribution in [0.25, 0.3) is 0 Å². The number of hydrogen-bond donors (Lipinski definition) is 1. The maximum Gasteiger partial charge on any atom is 0.235 e. The lowest BCUT2D eigenvalue weighted by Gasteiger charge is -2.20. The molecule has 0 aliphatic carbocycles. The van der Waals surface area contributed by atoms with Crippen LogP contribution in [-0.4, -0.2) is 29.6 Å². The second kappa shape index (κ2) is 8.20. The summed E-state index contributed by atoms with van der Waals surface area (Å²) in [6.07, 6.45) is 4.12. The molecule has 0 spiro atoms. The zero-order valence-electron chi connectivity index (χ0n) is 11.3. The summed E-state index contributed by atoms with van der Waals surface area (Å²) in [6, 6.07) is 10.0. The van der Waals surface area contributed by atoms with Gasteiger partial charge in [-0.1, -0.05) is 50.1 Å². The average Bonchev–Trinajstić information content (AvgIpc) is 2.39. The Morgan fingerprint density at radius 1 is 1.28 bits per heavy atom. The standard InChI is InChI=1S/C15H23NOS/c1-3-4-8-11-16(2)15(17)14(18)12-13-9-6-5-7-10-13/h5-7,9-10,14,18H,3-4,8,11-12H2,1-2H3. The molecule has 18 heavy (non-hydrogen) atoms. The molecule has 2 nitrogen and oxygen atoms in total. The van der Waals surface area contributed by atoms with E-state index in [1.165, 1.54) is 12.8 Å². The van der Waals surface area contributed by atoms with Gasteiger partial charge >= 0.3 is 0 Å². The molecule has 1 unspecified atom stereocenters. The van der Waals surface area contributed by atoms with Gasteiger partial charge in [0.25, 0.3) is 0 Å². The van der Waals surface area contributed by atoms with E-state index >= 15 is 0 Å². The minimum absolute atomic E-state index is 0.123. The molecule has 1 rings (SSSR count). The van der Waals surface area contributed by atoms with Crippen molar-refractivity contribution >= 4 is 18.5 Å². The minimum atomic E-state index is -0.237. The van der Waals surface area contributed by atoms with Crippen molar-refractivity contribution in [2.45, 2.75) is 37.9 Å². The van der Waals surface area contributed by atoms with Crippen molar-refractivity contribution in [2.75, 3.05) is 13.6 Å². The van der Waals surface area contributed by atoms with Crippen LogP contribution in [-0.2, 0) is 11.2 Å². The summed E-state index contributed by atoms with van der Waals surface area (Å²) in [5.74, 6) is 0.123. The Labute approximate surface area is 116 Å². The summed E-state index contributed by atoms with van der Waals surface area (Å²) in [6.45, 7) is 3.00. The Kier molecular flexibility index (Phi) is 6.88. The number of carbonyl (C=O) groups excluding carboxylic acids is 1. The van der Waals surface area contributed by atoms with E-state index in [9.17, 15) is 4.79 Å². The van der Waals surface area contributed by atoms with Gasteiger partial charge in [0.2, 0.25) is 5.91 Å². The fourth-order valence-electron chi connectivity index (χ4n) is 1.89. The van der Waals surface area contributed by atoms with Crippen LogP contribution in [0, 0.1) is 0 Å². The van der Waals surface area contributed by atoms with Gasteiger partial charge in [0.1, 0.15) is 0 Å². The van der Waals surface area contributed by atoms with Crippen LogP contribution in [0.2, 0.25) is 0 Å². The Morgan fingerprint density at radius 2 is 1.94 bits per heavy atom. The molecule has 1 aromatic rings. The van der Waals surface area contributed by atoms with E-state index < -0.39 is 0 Å². The summed E-state index contributed by atoms with van der Waals surface area (Å²) in [7, 11) is 1.87. The molecular weight excluding hydrogens is 242 g/mol. The molecular formula is C15H23NOS. The van der Waals surface area contributed by atoms with Crippen LogP contribution in [0.4, 0.5) is 0 Å². The van der Waals surface area contributed by atoms with Crippen molar-refractivity contribution in [1.29, 1.82) is 0 Å². The van der Waals surface area contributed by atoms with Gasteiger partial charge in [0, 0.05) is 13.6 Å². The van der Waals surface area contributed by atoms with Crippen molar-refractivity contribution in [1.82, 2.24) is 4.90 Å². The quantitative estimate of drug-likeness (QED) is 0.593. The van der Waals surface area contributed by atoms with Gasteiger partial charge in [-0.15, -0.1) is 0 Å². The highest BCUT2D eigenvalue weighted by Crippen LogP contribution is 2.10. The fraction of sp³-hybridized carbons (Fsp3) is 0.533. The lowest BCUT2D eigenvalue weighted by atomic mass is 10.1. The van der Waals surface area contributed by atoms with E-state index in [0.29, 0.717) is 6.42 Å². The first-order valence-corrected chi connectivity index (χ1v) is 7.13. The smallest absolute Gasteiger partial charge is 0.235 e. The summed E-state index contributed by atoms with van der Waals surface area (Å²) < 4.78 is 0. The second-order valence-corrected chi connectivity index (χ2v) is 5.30. The summed E-state index contributed by atoms with van der Waals surface area (Å²) in [5, 5.41) is -0.237. The summed E-state index contributed by atoms with van der Waals surface area (Å²) in [5.41, 5.74) is 1.16. The first-order chi connectivity index (χ1) is 8.65. The Bertz CT molecular complexity index is 353. The first-order valence-electron chi connectivity index (χ1n) is 6.62. The molecule has 3 heteroatoms. The molecule has 0 aromatic heterocycles. The van der Waals surface area contributed by atoms with Crippen molar-refractivity contribution < 1.29 is 4.79 Å². The molecule has 1 aromatic carbocycles. The van der Waals surface area contributed by atoms with Gasteiger partial charge in [-0.3, -0.25) is 4.79 Å². The summed E-state index contributed by atoms with van der Waals surface area (Å²) in [4.78, 5) is 13.9. The molecule has 0 heterocycles. The number of hydrogen-bond acceptors (Lipinski definition) is 2. The molecule has 100 valence electrons. The number of unbranched alkanes of at least 4 members (excludes halogenated alkanes) is 2. The number of benzene rings is 1. The minimum Gasteiger partial charge on any atom is -0.345 e. The molecule has 0 fully saturated rings. The van der Waals surface area contributed by atoms with Crippen LogP contribution in [0.3, 0.4) is 0 Å². The van der Waals surface area contributed by atoms with Gasteiger partial charge < -0.3 is 4.90 Å². The molecule has 1 atom stereocenters. The lowest BCUT2D eigenvalue weighted by Crippen LogP contribution is -2.35. The number of amides is 1. The molecule has 1 amide bonds. The highest BCUT2D eigenvalue weighted by molar-refractivity contribution is 7.81. The normalized spacial score (nSPS) is 12.2. The van der Waals surface area contributed by atoms with Crippen molar-refractivity contribution in [3.63, 3.8) is 0 Å². The molecule has 0 saturated heterocycles. The van der Waals surface area contributed by atoms with Crippen LogP contribution in [0.15, 0.2) is 30.3 Å². The lowest BCUT2D eigenvalue weighted by molar-refractivity contribution is -0.129. The van der Waals surface area contributed by atoms with E-state index in [2.05, 4.69) is 19.6 Å². The van der Waals surface area contributed by atoms with Gasteiger partial charge in [-0.05, 0) is 18.4 Å². The molecule has 0 N–H and O–H groups in total. The highest BCUT2D eigenvalue weighted by atomic mass is 32.1. The van der Waals surface area contributed by atoms with Crippen molar-refractivity contribution in [2.24, 2.45) is 0 Å². The molecule has 0 saturated carbocycles. The predicted molar refractivity (Wildman–Crippen MR) is 80.1 cm³/mol. The van der Waals surface area contributed by atoms with Crippen molar-refractivity contribution in [3.05, 3.63) is 35.9 Å². The number of rotatable bonds is 7. The Morgan fingerprint density at radius 3 is 2.56 bits per heavy atom. The Hall–Kier alpha value is -0.960. The van der Waals surface area contributed by atoms with Gasteiger partial charge in [-0.25, -0.2) is 0 Å². The molecule has 0 aliphatic heterocycles. The van der Waals surface area contributed by atoms with Gasteiger partial charge in [-0.2, -0.15) is 12.6 Å². The van der Waals surface area contributed by atoms with Crippen molar-refractivity contribution in [3.8, 4) is 0 Å². The predicted octanol–water partition coefficient (Wildman–Crippen LogP) is 3.18. The third-order valence-electron chi connectivity index (χ3n) is 3.03. The van der Waals surface area contributed by atoms with Gasteiger partial charge in [0.05, 0.1) is 5.25 Å². The van der Waals surface area contributed by atoms with Gasteiger partial charge in [0.15, 0.2) is 0 Å². The first kappa shape index (κ1) is 15.1. The van der Waals surface area contributed by atoms with Crippen LogP contribution < -0.4 is 0 Å². The van der Waals surface area contributed by atoms with E-state index in [4.69, 9.17) is 0 Å². The van der Waals surface area contributed by atoms with E-state index in [-0.39, 0.29) is 11.2 Å². The van der Waals surface area contributed by atoms with E-state index in [0.717, 1.165) is 18.5 Å². The Balaban J connectivity index is 2.41. The van der Waals surface area contributed by atoms with Crippen LogP contribution in [0.5, 0.6) is 0 Å². The average molecular weight is 265 g/mol. The monoisotopic (exact) mass is 265 g/mol. The fourth-order valence-corrected chi connectivity index (χ4v) is 2.30. The SMILES string of the molecule is CCCCCN(C)C(=O)C(S)Cc1ccccc1.